The molecule has 3 N–H and O–H groups in total. The molecule has 1 heterocycles. The van der Waals surface area contributed by atoms with Crippen molar-refractivity contribution in [1.82, 2.24) is 9.97 Å². The molecule has 0 aliphatic heterocycles. The van der Waals surface area contributed by atoms with Gasteiger partial charge in [0.15, 0.2) is 0 Å². The largest absolute Gasteiger partial charge is 0.396 e. The van der Waals surface area contributed by atoms with Crippen LogP contribution in [0.1, 0.15) is 12.8 Å². The topological polar surface area (TPSA) is 70.1 Å². The maximum Gasteiger partial charge on any atom is 0.224 e. The van der Waals surface area contributed by atoms with Gasteiger partial charge in [0.05, 0.1) is 4.47 Å². The number of aromatic nitrogens is 2. The molecular formula is C9H15BrN4O. The number of halogens is 1. The van der Waals surface area contributed by atoms with Crippen molar-refractivity contribution in [1.29, 1.82) is 0 Å². The van der Waals surface area contributed by atoms with Crippen molar-refractivity contribution in [3.63, 3.8) is 0 Å². The van der Waals surface area contributed by atoms with Gasteiger partial charge in [0.1, 0.15) is 5.82 Å². The fourth-order valence-electron chi connectivity index (χ4n) is 1.06. The Balaban J connectivity index is 2.51. The van der Waals surface area contributed by atoms with E-state index >= 15 is 0 Å². The molecule has 5 nitrogen and oxygen atoms in total. The number of unbranched alkanes of at least 4 members (excludes halogenated alkanes) is 1. The van der Waals surface area contributed by atoms with E-state index in [0.29, 0.717) is 5.95 Å². The summed E-state index contributed by atoms with van der Waals surface area (Å²) < 4.78 is 0.838. The van der Waals surface area contributed by atoms with Crippen LogP contribution in [0.2, 0.25) is 0 Å². The molecule has 1 rings (SSSR count). The molecule has 0 spiro atoms. The number of nitrogens with zero attached hydrogens (tertiary/aromatic N) is 2. The van der Waals surface area contributed by atoms with Gasteiger partial charge in [-0.25, -0.2) is 4.98 Å². The average molecular weight is 275 g/mol. The molecule has 15 heavy (non-hydrogen) atoms. The predicted molar refractivity (Wildman–Crippen MR) is 64.1 cm³/mol. The molecule has 84 valence electrons. The maximum absolute atomic E-state index is 8.63. The van der Waals surface area contributed by atoms with Gasteiger partial charge in [-0.2, -0.15) is 4.98 Å². The van der Waals surface area contributed by atoms with Crippen LogP contribution in [0.15, 0.2) is 10.7 Å². The number of aliphatic hydroxyl groups excluding tert-OH is 1. The van der Waals surface area contributed by atoms with Crippen molar-refractivity contribution in [2.45, 2.75) is 12.8 Å². The van der Waals surface area contributed by atoms with Crippen LogP contribution >= 0.6 is 15.9 Å². The third-order valence-electron chi connectivity index (χ3n) is 1.85. The first-order valence-corrected chi connectivity index (χ1v) is 5.62. The van der Waals surface area contributed by atoms with Crippen LogP contribution in [0.25, 0.3) is 0 Å². The summed E-state index contributed by atoms with van der Waals surface area (Å²) in [6.07, 6.45) is 3.42. The smallest absolute Gasteiger partial charge is 0.224 e. The molecule has 0 fully saturated rings. The van der Waals surface area contributed by atoms with Crippen LogP contribution in [0, 0.1) is 0 Å². The number of hydrogen-bond acceptors (Lipinski definition) is 5. The molecule has 0 aliphatic carbocycles. The lowest BCUT2D eigenvalue weighted by molar-refractivity contribution is 0.286. The highest BCUT2D eigenvalue weighted by atomic mass is 79.9. The van der Waals surface area contributed by atoms with Gasteiger partial charge in [0.25, 0.3) is 0 Å². The van der Waals surface area contributed by atoms with Gasteiger partial charge in [0, 0.05) is 26.4 Å². The summed E-state index contributed by atoms with van der Waals surface area (Å²) in [6.45, 7) is 1.02. The lowest BCUT2D eigenvalue weighted by Crippen LogP contribution is -2.07. The summed E-state index contributed by atoms with van der Waals surface area (Å²) in [5.74, 6) is 1.36. The second-order valence-corrected chi connectivity index (χ2v) is 3.85. The van der Waals surface area contributed by atoms with E-state index in [4.69, 9.17) is 5.11 Å². The molecule has 0 amide bonds. The molecule has 0 saturated carbocycles. The third-order valence-corrected chi connectivity index (χ3v) is 2.43. The fraction of sp³-hybridized carbons (Fsp3) is 0.556. The van der Waals surface area contributed by atoms with Gasteiger partial charge in [0.2, 0.25) is 5.95 Å². The summed E-state index contributed by atoms with van der Waals surface area (Å²) in [5.41, 5.74) is 0. The Morgan fingerprint density at radius 3 is 2.93 bits per heavy atom. The molecule has 0 radical (unpaired) electrons. The standard InChI is InChI=1S/C9H15BrN4O/c1-11-9-13-6-7(10)8(14-9)12-4-2-3-5-15/h6,15H,2-5H2,1H3,(H2,11,12,13,14). The van der Waals surface area contributed by atoms with Gasteiger partial charge < -0.3 is 15.7 Å². The Morgan fingerprint density at radius 1 is 1.47 bits per heavy atom. The van der Waals surface area contributed by atoms with Gasteiger partial charge in [-0.15, -0.1) is 0 Å². The minimum Gasteiger partial charge on any atom is -0.396 e. The first-order valence-electron chi connectivity index (χ1n) is 4.83. The molecule has 0 unspecified atom stereocenters. The highest BCUT2D eigenvalue weighted by Gasteiger charge is 2.02. The van der Waals surface area contributed by atoms with E-state index in [-0.39, 0.29) is 6.61 Å². The Morgan fingerprint density at radius 2 is 2.27 bits per heavy atom. The van der Waals surface area contributed by atoms with Gasteiger partial charge in [-0.05, 0) is 28.8 Å². The molecule has 1 aromatic heterocycles. The van der Waals surface area contributed by atoms with Crippen molar-refractivity contribution in [3.8, 4) is 0 Å². The predicted octanol–water partition coefficient (Wildman–Crippen LogP) is 1.47. The monoisotopic (exact) mass is 274 g/mol. The highest BCUT2D eigenvalue weighted by Crippen LogP contribution is 2.19. The van der Waals surface area contributed by atoms with Crippen molar-refractivity contribution in [2.75, 3.05) is 30.8 Å². The Kier molecular flexibility index (Phi) is 5.34. The zero-order valence-corrected chi connectivity index (χ0v) is 10.2. The van der Waals surface area contributed by atoms with E-state index in [2.05, 4.69) is 36.5 Å². The molecule has 0 bridgehead atoms. The van der Waals surface area contributed by atoms with Crippen molar-refractivity contribution >= 4 is 27.7 Å². The fourth-order valence-corrected chi connectivity index (χ4v) is 1.39. The van der Waals surface area contributed by atoms with E-state index in [1.54, 1.807) is 13.2 Å². The van der Waals surface area contributed by atoms with Gasteiger partial charge >= 0.3 is 0 Å². The molecule has 0 saturated heterocycles. The quantitative estimate of drug-likeness (QED) is 0.686. The van der Waals surface area contributed by atoms with Crippen LogP contribution in [-0.2, 0) is 0 Å². The third kappa shape index (κ3) is 4.01. The van der Waals surface area contributed by atoms with E-state index in [1.807, 2.05) is 0 Å². The summed E-state index contributed by atoms with van der Waals surface area (Å²) in [5, 5.41) is 14.7. The SMILES string of the molecule is CNc1ncc(Br)c(NCCCCO)n1. The first-order chi connectivity index (χ1) is 7.27. The highest BCUT2D eigenvalue weighted by molar-refractivity contribution is 9.10. The number of nitrogens with one attached hydrogen (secondary N) is 2. The molecular weight excluding hydrogens is 260 g/mol. The number of rotatable bonds is 6. The second-order valence-electron chi connectivity index (χ2n) is 3.00. The van der Waals surface area contributed by atoms with Crippen molar-refractivity contribution in [2.24, 2.45) is 0 Å². The summed E-state index contributed by atoms with van der Waals surface area (Å²) in [4.78, 5) is 8.30. The summed E-state index contributed by atoms with van der Waals surface area (Å²) >= 11 is 3.36. The van der Waals surface area contributed by atoms with Crippen molar-refractivity contribution < 1.29 is 5.11 Å². The van der Waals surface area contributed by atoms with Crippen LogP contribution in [0.5, 0.6) is 0 Å². The van der Waals surface area contributed by atoms with Gasteiger partial charge in [-0.1, -0.05) is 0 Å². The normalized spacial score (nSPS) is 10.1. The molecule has 0 aromatic carbocycles. The first kappa shape index (κ1) is 12.2. The number of aliphatic hydroxyl groups is 1. The van der Waals surface area contributed by atoms with Crippen LogP contribution < -0.4 is 10.6 Å². The minimum absolute atomic E-state index is 0.231. The lowest BCUT2D eigenvalue weighted by atomic mass is 10.3. The van der Waals surface area contributed by atoms with E-state index in [1.165, 1.54) is 0 Å². The molecule has 1 aromatic rings. The second kappa shape index (κ2) is 6.58. The lowest BCUT2D eigenvalue weighted by Gasteiger charge is -2.08. The zero-order chi connectivity index (χ0) is 11.1. The van der Waals surface area contributed by atoms with E-state index < -0.39 is 0 Å². The number of hydrogen-bond donors (Lipinski definition) is 3. The average Bonchev–Trinajstić information content (AvgIpc) is 2.26. The van der Waals surface area contributed by atoms with Crippen LogP contribution in [-0.4, -0.2) is 35.3 Å². The van der Waals surface area contributed by atoms with Crippen molar-refractivity contribution in [3.05, 3.63) is 10.7 Å². The Bertz CT molecular complexity index is 308. The Labute approximate surface area is 97.5 Å². The van der Waals surface area contributed by atoms with E-state index in [0.717, 1.165) is 29.7 Å². The summed E-state index contributed by atoms with van der Waals surface area (Å²) in [7, 11) is 1.78. The van der Waals surface area contributed by atoms with Gasteiger partial charge in [-0.3, -0.25) is 0 Å². The Hall–Kier alpha value is -0.880. The zero-order valence-electron chi connectivity index (χ0n) is 8.63. The molecule has 0 atom stereocenters. The van der Waals surface area contributed by atoms with E-state index in [9.17, 15) is 0 Å². The maximum atomic E-state index is 8.63. The summed E-state index contributed by atoms with van der Waals surface area (Å²) in [6, 6.07) is 0. The number of anilines is 2. The van der Waals surface area contributed by atoms with Crippen LogP contribution in [0.4, 0.5) is 11.8 Å². The molecule has 6 heteroatoms. The molecule has 0 aliphatic rings. The minimum atomic E-state index is 0.231. The van der Waals surface area contributed by atoms with Crippen LogP contribution in [0.3, 0.4) is 0 Å².